The predicted molar refractivity (Wildman–Crippen MR) is 59.3 cm³/mol. The Hall–Kier alpha value is -0.0400. The summed E-state index contributed by atoms with van der Waals surface area (Å²) in [6.45, 7) is 1.35. The lowest BCUT2D eigenvalue weighted by molar-refractivity contribution is 0.320. The zero-order valence-corrected chi connectivity index (χ0v) is 9.23. The maximum atomic E-state index is 3.85. The Bertz CT molecular complexity index is 197. The summed E-state index contributed by atoms with van der Waals surface area (Å²) in [7, 11) is 0. The molecule has 80 valence electrons. The third-order valence-corrected chi connectivity index (χ3v) is 4.68. The first-order chi connectivity index (χ1) is 6.89. The van der Waals surface area contributed by atoms with E-state index < -0.39 is 0 Å². The predicted octanol–water partition coefficient (Wildman–Crippen LogP) is 3.10. The fourth-order valence-electron chi connectivity index (χ4n) is 3.24. The van der Waals surface area contributed by atoms with Crippen molar-refractivity contribution in [3.63, 3.8) is 0 Å². The average molecular weight is 193 g/mol. The summed E-state index contributed by atoms with van der Waals surface area (Å²) in [6, 6.07) is 0.875. The molecule has 0 heterocycles. The molecule has 1 N–H and O–H groups in total. The summed E-state index contributed by atoms with van der Waals surface area (Å²) in [4.78, 5) is 0. The topological polar surface area (TPSA) is 12.0 Å². The van der Waals surface area contributed by atoms with E-state index in [0.29, 0.717) is 0 Å². The molecular weight excluding hydrogens is 170 g/mol. The molecule has 0 amide bonds. The van der Waals surface area contributed by atoms with Gasteiger partial charge in [0.05, 0.1) is 0 Å². The maximum Gasteiger partial charge on any atom is 0.00672 e. The van der Waals surface area contributed by atoms with Crippen molar-refractivity contribution < 1.29 is 0 Å². The molecule has 3 aliphatic carbocycles. The molecule has 3 fully saturated rings. The highest BCUT2D eigenvalue weighted by Gasteiger charge is 2.53. The lowest BCUT2D eigenvalue weighted by Crippen LogP contribution is -2.36. The summed E-state index contributed by atoms with van der Waals surface area (Å²) >= 11 is 0. The van der Waals surface area contributed by atoms with E-state index in [1.165, 1.54) is 64.3 Å². The van der Waals surface area contributed by atoms with E-state index in [2.05, 4.69) is 5.32 Å². The summed E-state index contributed by atoms with van der Waals surface area (Å²) in [5, 5.41) is 3.85. The summed E-state index contributed by atoms with van der Waals surface area (Å²) < 4.78 is 0. The number of hydrogen-bond acceptors (Lipinski definition) is 1. The van der Waals surface area contributed by atoms with Crippen LogP contribution in [0.25, 0.3) is 0 Å². The minimum Gasteiger partial charge on any atom is -0.313 e. The van der Waals surface area contributed by atoms with Gasteiger partial charge in [0, 0.05) is 12.6 Å². The van der Waals surface area contributed by atoms with Gasteiger partial charge in [-0.3, -0.25) is 0 Å². The second kappa shape index (κ2) is 3.52. The van der Waals surface area contributed by atoms with Gasteiger partial charge >= 0.3 is 0 Å². The molecule has 1 heteroatoms. The molecule has 3 rings (SSSR count). The summed E-state index contributed by atoms with van der Waals surface area (Å²) in [6.07, 6.45) is 13.4. The molecule has 3 saturated carbocycles. The van der Waals surface area contributed by atoms with Crippen LogP contribution in [0, 0.1) is 11.3 Å². The van der Waals surface area contributed by atoms with E-state index in [-0.39, 0.29) is 0 Å². The van der Waals surface area contributed by atoms with Gasteiger partial charge in [-0.05, 0) is 49.9 Å². The van der Waals surface area contributed by atoms with Crippen LogP contribution in [0.2, 0.25) is 0 Å². The van der Waals surface area contributed by atoms with Crippen molar-refractivity contribution in [3.05, 3.63) is 0 Å². The van der Waals surface area contributed by atoms with E-state index in [1.54, 1.807) is 0 Å². The molecule has 0 aromatic heterocycles. The van der Waals surface area contributed by atoms with E-state index in [9.17, 15) is 0 Å². The van der Waals surface area contributed by atoms with Gasteiger partial charge in [0.1, 0.15) is 0 Å². The Morgan fingerprint density at radius 2 is 1.64 bits per heavy atom. The molecule has 0 radical (unpaired) electrons. The first-order valence-corrected chi connectivity index (χ1v) is 6.62. The highest BCUT2D eigenvalue weighted by Crippen LogP contribution is 2.60. The van der Waals surface area contributed by atoms with Gasteiger partial charge in [-0.2, -0.15) is 0 Å². The van der Waals surface area contributed by atoms with Crippen LogP contribution in [-0.2, 0) is 0 Å². The van der Waals surface area contributed by atoms with Crippen LogP contribution in [0.4, 0.5) is 0 Å². The third-order valence-electron chi connectivity index (χ3n) is 4.68. The van der Waals surface area contributed by atoms with Gasteiger partial charge in [-0.25, -0.2) is 0 Å². The second-order valence-electron chi connectivity index (χ2n) is 5.85. The Morgan fingerprint density at radius 3 is 2.21 bits per heavy atom. The van der Waals surface area contributed by atoms with Crippen LogP contribution >= 0.6 is 0 Å². The number of nitrogens with one attached hydrogen (secondary N) is 1. The zero-order valence-electron chi connectivity index (χ0n) is 9.23. The molecule has 0 atom stereocenters. The molecule has 0 aliphatic heterocycles. The lowest BCUT2D eigenvalue weighted by Gasteiger charge is -2.25. The van der Waals surface area contributed by atoms with E-state index in [1.807, 2.05) is 0 Å². The SMILES string of the molecule is C1CCC(NCC2(C3CC3)CC2)CC1. The first kappa shape index (κ1) is 9.21. The van der Waals surface area contributed by atoms with Gasteiger partial charge < -0.3 is 5.32 Å². The second-order valence-corrected chi connectivity index (χ2v) is 5.85. The molecule has 0 bridgehead atoms. The minimum absolute atomic E-state index is 0.803. The lowest BCUT2D eigenvalue weighted by atomic mass is 9.94. The highest BCUT2D eigenvalue weighted by atomic mass is 14.9. The van der Waals surface area contributed by atoms with Crippen LogP contribution in [0.15, 0.2) is 0 Å². The molecular formula is C13H23N. The van der Waals surface area contributed by atoms with Gasteiger partial charge in [-0.15, -0.1) is 0 Å². The quantitative estimate of drug-likeness (QED) is 0.723. The summed E-state index contributed by atoms with van der Waals surface area (Å²) in [5.41, 5.74) is 0.803. The molecule has 14 heavy (non-hydrogen) atoms. The normalized spacial score (nSPS) is 31.7. The molecule has 0 unspecified atom stereocenters. The van der Waals surface area contributed by atoms with Crippen molar-refractivity contribution in [2.24, 2.45) is 11.3 Å². The minimum atomic E-state index is 0.803. The number of rotatable bonds is 4. The van der Waals surface area contributed by atoms with Crippen LogP contribution in [-0.4, -0.2) is 12.6 Å². The Labute approximate surface area is 87.7 Å². The van der Waals surface area contributed by atoms with Crippen LogP contribution in [0.5, 0.6) is 0 Å². The van der Waals surface area contributed by atoms with E-state index >= 15 is 0 Å². The van der Waals surface area contributed by atoms with Crippen molar-refractivity contribution >= 4 is 0 Å². The Morgan fingerprint density at radius 1 is 0.929 bits per heavy atom. The van der Waals surface area contributed by atoms with E-state index in [4.69, 9.17) is 0 Å². The first-order valence-electron chi connectivity index (χ1n) is 6.62. The summed E-state index contributed by atoms with van der Waals surface area (Å²) in [5.74, 6) is 1.12. The molecule has 3 aliphatic rings. The standard InChI is InChI=1S/C13H23N/c1-2-4-12(5-3-1)14-10-13(8-9-13)11-6-7-11/h11-12,14H,1-10H2. The molecule has 0 aromatic carbocycles. The van der Waals surface area contributed by atoms with E-state index in [0.717, 1.165) is 17.4 Å². The van der Waals surface area contributed by atoms with Crippen LogP contribution < -0.4 is 5.32 Å². The van der Waals surface area contributed by atoms with Crippen LogP contribution in [0.3, 0.4) is 0 Å². The molecule has 1 nitrogen and oxygen atoms in total. The monoisotopic (exact) mass is 193 g/mol. The van der Waals surface area contributed by atoms with Crippen molar-refractivity contribution in [1.82, 2.24) is 5.32 Å². The van der Waals surface area contributed by atoms with Crippen LogP contribution in [0.1, 0.15) is 57.8 Å². The van der Waals surface area contributed by atoms with Crippen molar-refractivity contribution in [3.8, 4) is 0 Å². The smallest absolute Gasteiger partial charge is 0.00672 e. The fraction of sp³-hybridized carbons (Fsp3) is 1.00. The van der Waals surface area contributed by atoms with Crippen molar-refractivity contribution in [2.45, 2.75) is 63.8 Å². The Balaban J connectivity index is 1.44. The highest BCUT2D eigenvalue weighted by molar-refractivity contribution is 5.05. The largest absolute Gasteiger partial charge is 0.313 e. The Kier molecular flexibility index (Phi) is 2.31. The van der Waals surface area contributed by atoms with Gasteiger partial charge in [0.2, 0.25) is 0 Å². The van der Waals surface area contributed by atoms with Crippen molar-refractivity contribution in [1.29, 1.82) is 0 Å². The van der Waals surface area contributed by atoms with Gasteiger partial charge in [0.25, 0.3) is 0 Å². The van der Waals surface area contributed by atoms with Crippen molar-refractivity contribution in [2.75, 3.05) is 6.54 Å². The van der Waals surface area contributed by atoms with Gasteiger partial charge in [-0.1, -0.05) is 19.3 Å². The maximum absolute atomic E-state index is 3.85. The average Bonchev–Trinajstić information content (AvgIpc) is 3.08. The molecule has 0 saturated heterocycles. The molecule has 0 aromatic rings. The molecule has 0 spiro atoms. The zero-order chi connectivity index (χ0) is 9.43. The van der Waals surface area contributed by atoms with Gasteiger partial charge in [0.15, 0.2) is 0 Å². The number of hydrogen-bond donors (Lipinski definition) is 1. The fourth-order valence-corrected chi connectivity index (χ4v) is 3.24. The third kappa shape index (κ3) is 1.84.